The topological polar surface area (TPSA) is 177 Å². The zero-order valence-corrected chi connectivity index (χ0v) is 26.3. The minimum Gasteiger partial charge on any atom is -0.394 e. The number of ether oxygens (including phenoxy) is 2. The van der Waals surface area contributed by atoms with Crippen LogP contribution in [0.25, 0.3) is 0 Å². The Labute approximate surface area is 255 Å². The lowest BCUT2D eigenvalue weighted by Gasteiger charge is -2.60. The molecule has 15 atom stereocenters. The first-order chi connectivity index (χ1) is 20.1. The summed E-state index contributed by atoms with van der Waals surface area (Å²) >= 11 is 0. The zero-order chi connectivity index (χ0) is 31.6. The number of carbonyl (C=O) groups is 1. The molecule has 43 heavy (non-hydrogen) atoms. The van der Waals surface area contributed by atoms with Crippen molar-refractivity contribution in [3.05, 3.63) is 11.6 Å². The summed E-state index contributed by atoms with van der Waals surface area (Å²) in [5, 5.41) is 74.6. The molecule has 1 heterocycles. The van der Waals surface area contributed by atoms with Gasteiger partial charge >= 0.3 is 0 Å². The van der Waals surface area contributed by atoms with E-state index in [9.17, 15) is 40.5 Å². The molecule has 4 fully saturated rings. The van der Waals surface area contributed by atoms with E-state index < -0.39 is 72.1 Å². The molecule has 10 heteroatoms. The Kier molecular flexibility index (Phi) is 9.33. The van der Waals surface area contributed by atoms with Crippen LogP contribution in [0, 0.1) is 40.4 Å². The Bertz CT molecular complexity index is 1060. The van der Waals surface area contributed by atoms with Gasteiger partial charge in [-0.3, -0.25) is 4.79 Å². The fraction of sp³-hybridized carbons (Fsp3) is 0.909. The van der Waals surface area contributed by atoms with E-state index >= 15 is 0 Å². The molecular formula is C33H54O10. The van der Waals surface area contributed by atoms with E-state index in [1.807, 2.05) is 6.92 Å². The molecule has 246 valence electrons. The van der Waals surface area contributed by atoms with E-state index in [1.54, 1.807) is 6.08 Å². The fourth-order valence-electron chi connectivity index (χ4n) is 9.82. The molecule has 0 radical (unpaired) electrons. The van der Waals surface area contributed by atoms with Gasteiger partial charge in [0.05, 0.1) is 30.5 Å². The number of hydrogen-bond acceptors (Lipinski definition) is 10. The predicted molar refractivity (Wildman–Crippen MR) is 156 cm³/mol. The highest BCUT2D eigenvalue weighted by Gasteiger charge is 2.67. The second-order valence-electron chi connectivity index (χ2n) is 15.4. The number of aliphatic hydroxyl groups excluding tert-OH is 6. The third-order valence-electron chi connectivity index (χ3n) is 12.6. The number of ketones is 1. The van der Waals surface area contributed by atoms with Crippen molar-refractivity contribution in [3.8, 4) is 0 Å². The van der Waals surface area contributed by atoms with Crippen LogP contribution in [0.5, 0.6) is 0 Å². The molecule has 0 aromatic carbocycles. The third-order valence-corrected chi connectivity index (χ3v) is 12.6. The molecule has 7 N–H and O–H groups in total. The molecule has 0 unspecified atom stereocenters. The second-order valence-corrected chi connectivity index (χ2v) is 15.4. The Balaban J connectivity index is 1.42. The van der Waals surface area contributed by atoms with Crippen molar-refractivity contribution in [1.29, 1.82) is 0 Å². The average Bonchev–Trinajstić information content (AvgIpc) is 3.23. The van der Waals surface area contributed by atoms with Gasteiger partial charge in [-0.2, -0.15) is 0 Å². The van der Waals surface area contributed by atoms with Crippen LogP contribution in [0.3, 0.4) is 0 Å². The van der Waals surface area contributed by atoms with Gasteiger partial charge in [-0.15, -0.1) is 0 Å². The van der Waals surface area contributed by atoms with Gasteiger partial charge in [-0.05, 0) is 92.1 Å². The van der Waals surface area contributed by atoms with Crippen LogP contribution in [0.2, 0.25) is 0 Å². The van der Waals surface area contributed by atoms with Gasteiger partial charge in [0.15, 0.2) is 12.1 Å². The summed E-state index contributed by atoms with van der Waals surface area (Å²) in [4.78, 5) is 13.5. The molecular weight excluding hydrogens is 556 g/mol. The lowest BCUT2D eigenvalue weighted by Crippen LogP contribution is -2.61. The summed E-state index contributed by atoms with van der Waals surface area (Å²) in [5.74, 6) is -0.203. The Morgan fingerprint density at radius 3 is 2.30 bits per heavy atom. The van der Waals surface area contributed by atoms with Crippen molar-refractivity contribution in [1.82, 2.24) is 0 Å². The lowest BCUT2D eigenvalue weighted by molar-refractivity contribution is -0.317. The van der Waals surface area contributed by atoms with Gasteiger partial charge in [-0.1, -0.05) is 34.6 Å². The quantitative estimate of drug-likeness (QED) is 0.213. The van der Waals surface area contributed by atoms with Crippen molar-refractivity contribution in [2.24, 2.45) is 40.4 Å². The maximum atomic E-state index is 13.5. The molecule has 1 saturated heterocycles. The SMILES string of the molecule is CC(C)CC[C@@H](O[C@@H]1O[C@H](CO)[C@@H](O)[C@H](O)[C@H]1O)[C@@H](C)[C@H]1CC[C@@]2(O)C3=CC(=O)[C@@H]4C[C@@H](O)[C@@H](O)C[C@]4(C)[C@H]3CC[C@]12C. The number of allylic oxidation sites excluding steroid dienone is 1. The number of rotatable bonds is 8. The van der Waals surface area contributed by atoms with Gasteiger partial charge in [-0.25, -0.2) is 0 Å². The third kappa shape index (κ3) is 5.36. The first-order valence-corrected chi connectivity index (χ1v) is 16.4. The molecule has 0 amide bonds. The number of aliphatic hydroxyl groups is 7. The van der Waals surface area contributed by atoms with Crippen LogP contribution in [0.15, 0.2) is 11.6 Å². The van der Waals surface area contributed by atoms with Crippen LogP contribution in [0.4, 0.5) is 0 Å². The Morgan fingerprint density at radius 2 is 1.65 bits per heavy atom. The monoisotopic (exact) mass is 610 g/mol. The average molecular weight is 611 g/mol. The minimum absolute atomic E-state index is 0.0146. The summed E-state index contributed by atoms with van der Waals surface area (Å²) < 4.78 is 12.1. The fourth-order valence-corrected chi connectivity index (χ4v) is 9.82. The summed E-state index contributed by atoms with van der Waals surface area (Å²) in [5.41, 5.74) is -1.52. The standard InChI is InChI=1S/C33H54O10/c1-16(2)6-7-25(42-30-29(40)28(39)27(38)26(15-34)43-30)17(3)18-9-11-33(41)20-12-22(35)21-13-23(36)24(37)14-31(21,4)19(20)8-10-32(18,33)5/h12,16-19,21,23-30,34,36-41H,6-11,13-15H2,1-5H3/t17-,18+,19-,21-,23+,24-,25+,26+,27+,28-,29+,30+,31+,32+,33+/m0/s1. The molecule has 5 aliphatic rings. The summed E-state index contributed by atoms with van der Waals surface area (Å²) in [6, 6.07) is 0. The summed E-state index contributed by atoms with van der Waals surface area (Å²) in [6.45, 7) is 9.96. The van der Waals surface area contributed by atoms with Gasteiger partial charge in [0, 0.05) is 11.3 Å². The number of fused-ring (bicyclic) bond motifs is 5. The minimum atomic E-state index is -1.53. The van der Waals surface area contributed by atoms with Gasteiger partial charge in [0.2, 0.25) is 0 Å². The van der Waals surface area contributed by atoms with E-state index in [-0.39, 0.29) is 35.9 Å². The first kappa shape index (κ1) is 33.4. The Morgan fingerprint density at radius 1 is 0.953 bits per heavy atom. The summed E-state index contributed by atoms with van der Waals surface area (Å²) in [7, 11) is 0. The van der Waals surface area contributed by atoms with Crippen LogP contribution in [0.1, 0.15) is 86.0 Å². The number of hydrogen-bond donors (Lipinski definition) is 7. The molecule has 5 rings (SSSR count). The summed E-state index contributed by atoms with van der Waals surface area (Å²) in [6.07, 6.45) is -2.57. The van der Waals surface area contributed by atoms with Crippen molar-refractivity contribution >= 4 is 5.78 Å². The molecule has 0 bridgehead atoms. The van der Waals surface area contributed by atoms with E-state index in [0.717, 1.165) is 24.8 Å². The molecule has 0 spiro atoms. The first-order valence-electron chi connectivity index (χ1n) is 16.4. The molecule has 3 saturated carbocycles. The van der Waals surface area contributed by atoms with Crippen molar-refractivity contribution in [3.63, 3.8) is 0 Å². The van der Waals surface area contributed by atoms with Crippen molar-refractivity contribution < 1.29 is 50.0 Å². The van der Waals surface area contributed by atoms with Crippen LogP contribution in [-0.2, 0) is 14.3 Å². The largest absolute Gasteiger partial charge is 0.394 e. The smallest absolute Gasteiger partial charge is 0.186 e. The van der Waals surface area contributed by atoms with Crippen LogP contribution in [-0.4, -0.2) is 103 Å². The highest BCUT2D eigenvalue weighted by molar-refractivity contribution is 5.95. The maximum absolute atomic E-state index is 13.5. The van der Waals surface area contributed by atoms with Crippen LogP contribution >= 0.6 is 0 Å². The van der Waals surface area contributed by atoms with E-state index in [2.05, 4.69) is 27.7 Å². The van der Waals surface area contributed by atoms with Crippen molar-refractivity contribution in [2.45, 2.75) is 141 Å². The second kappa shape index (κ2) is 12.0. The van der Waals surface area contributed by atoms with E-state index in [4.69, 9.17) is 9.47 Å². The van der Waals surface area contributed by atoms with E-state index in [0.29, 0.717) is 31.6 Å². The molecule has 0 aromatic rings. The molecule has 1 aliphatic heterocycles. The molecule has 4 aliphatic carbocycles. The van der Waals surface area contributed by atoms with Crippen LogP contribution < -0.4 is 0 Å². The Hall–Kier alpha value is -0.950. The predicted octanol–water partition coefficient (Wildman–Crippen LogP) is 1.45. The normalized spacial score (nSPS) is 49.6. The highest BCUT2D eigenvalue weighted by atomic mass is 16.7. The maximum Gasteiger partial charge on any atom is 0.186 e. The van der Waals surface area contributed by atoms with Gasteiger partial charge in [0.25, 0.3) is 0 Å². The van der Waals surface area contributed by atoms with Crippen molar-refractivity contribution in [2.75, 3.05) is 6.61 Å². The van der Waals surface area contributed by atoms with E-state index in [1.165, 1.54) is 0 Å². The number of carbonyl (C=O) groups excluding carboxylic acids is 1. The molecule has 10 nitrogen and oxygen atoms in total. The lowest BCUT2D eigenvalue weighted by atomic mass is 9.46. The van der Waals surface area contributed by atoms with Gasteiger partial charge < -0.3 is 45.2 Å². The molecule has 0 aromatic heterocycles. The zero-order valence-electron chi connectivity index (χ0n) is 26.3. The highest BCUT2D eigenvalue weighted by Crippen LogP contribution is 2.68. The van der Waals surface area contributed by atoms with Gasteiger partial charge in [0.1, 0.15) is 24.4 Å².